The Labute approximate surface area is 127 Å². The van der Waals surface area contributed by atoms with Crippen LogP contribution in [0.4, 0.5) is 5.13 Å². The van der Waals surface area contributed by atoms with Gasteiger partial charge in [0.15, 0.2) is 5.13 Å². The number of carbonyl (C=O) groups excluding carboxylic acids is 3. The first-order valence-electron chi connectivity index (χ1n) is 6.31. The SMILES string of the molecule is COC(=O)Cc1csc(NC(=O)CNC(=O)C(C)(C)C)n1. The van der Waals surface area contributed by atoms with Crippen molar-refractivity contribution in [1.82, 2.24) is 10.3 Å². The van der Waals surface area contributed by atoms with Crippen molar-refractivity contribution in [2.75, 3.05) is 19.0 Å². The normalized spacial score (nSPS) is 10.9. The lowest BCUT2D eigenvalue weighted by Gasteiger charge is -2.17. The van der Waals surface area contributed by atoms with Crippen molar-refractivity contribution in [3.05, 3.63) is 11.1 Å². The van der Waals surface area contributed by atoms with Crippen LogP contribution in [0.1, 0.15) is 26.5 Å². The van der Waals surface area contributed by atoms with Gasteiger partial charge in [-0.2, -0.15) is 0 Å². The summed E-state index contributed by atoms with van der Waals surface area (Å²) in [5.41, 5.74) is -0.0179. The fraction of sp³-hybridized carbons (Fsp3) is 0.538. The highest BCUT2D eigenvalue weighted by molar-refractivity contribution is 7.13. The van der Waals surface area contributed by atoms with Crippen LogP contribution in [-0.4, -0.2) is 36.4 Å². The Morgan fingerprint density at radius 1 is 1.33 bits per heavy atom. The molecule has 0 bridgehead atoms. The molecule has 0 aliphatic carbocycles. The smallest absolute Gasteiger partial charge is 0.311 e. The molecule has 0 aliphatic heterocycles. The second-order valence-corrected chi connectivity index (χ2v) is 6.24. The molecule has 1 heterocycles. The van der Waals surface area contributed by atoms with E-state index in [-0.39, 0.29) is 24.8 Å². The number of ether oxygens (including phenoxy) is 1. The highest BCUT2D eigenvalue weighted by atomic mass is 32.1. The van der Waals surface area contributed by atoms with E-state index in [1.165, 1.54) is 18.4 Å². The summed E-state index contributed by atoms with van der Waals surface area (Å²) in [6, 6.07) is 0. The average Bonchev–Trinajstić information content (AvgIpc) is 2.81. The second-order valence-electron chi connectivity index (χ2n) is 5.38. The van der Waals surface area contributed by atoms with E-state index in [2.05, 4.69) is 20.4 Å². The van der Waals surface area contributed by atoms with Crippen LogP contribution in [0.3, 0.4) is 0 Å². The molecule has 8 heteroatoms. The van der Waals surface area contributed by atoms with Gasteiger partial charge in [0.25, 0.3) is 0 Å². The number of carbonyl (C=O) groups is 3. The zero-order valence-corrected chi connectivity index (χ0v) is 13.3. The average molecular weight is 313 g/mol. The maximum absolute atomic E-state index is 11.7. The molecule has 0 fully saturated rings. The number of esters is 1. The summed E-state index contributed by atoms with van der Waals surface area (Å²) in [6.07, 6.45) is 0.0592. The number of nitrogens with one attached hydrogen (secondary N) is 2. The summed E-state index contributed by atoms with van der Waals surface area (Å²) in [6.45, 7) is 5.17. The number of rotatable bonds is 5. The van der Waals surface area contributed by atoms with E-state index in [0.717, 1.165) is 0 Å². The fourth-order valence-corrected chi connectivity index (χ4v) is 1.98. The molecule has 1 rings (SSSR count). The topological polar surface area (TPSA) is 97.4 Å². The maximum Gasteiger partial charge on any atom is 0.311 e. The Hall–Kier alpha value is -1.96. The zero-order chi connectivity index (χ0) is 16.0. The van der Waals surface area contributed by atoms with Crippen molar-refractivity contribution >= 4 is 34.3 Å². The van der Waals surface area contributed by atoms with Crippen molar-refractivity contribution < 1.29 is 19.1 Å². The molecule has 2 amide bonds. The maximum atomic E-state index is 11.7. The third-order valence-electron chi connectivity index (χ3n) is 2.44. The minimum absolute atomic E-state index is 0.0592. The highest BCUT2D eigenvalue weighted by Crippen LogP contribution is 2.16. The van der Waals surface area contributed by atoms with E-state index in [1.807, 2.05) is 0 Å². The first-order valence-corrected chi connectivity index (χ1v) is 7.19. The van der Waals surface area contributed by atoms with Gasteiger partial charge in [-0.05, 0) is 0 Å². The lowest BCUT2D eigenvalue weighted by Crippen LogP contribution is -2.39. The lowest BCUT2D eigenvalue weighted by molar-refractivity contribution is -0.139. The minimum Gasteiger partial charge on any atom is -0.469 e. The summed E-state index contributed by atoms with van der Waals surface area (Å²) in [5, 5.41) is 7.15. The number of methoxy groups -OCH3 is 1. The molecule has 0 spiro atoms. The van der Waals surface area contributed by atoms with Crippen LogP contribution in [0, 0.1) is 5.41 Å². The molecule has 1 aromatic heterocycles. The minimum atomic E-state index is -0.546. The van der Waals surface area contributed by atoms with Crippen LogP contribution in [-0.2, 0) is 25.5 Å². The first kappa shape index (κ1) is 17.1. The number of hydrogen-bond donors (Lipinski definition) is 2. The number of aromatic nitrogens is 1. The Morgan fingerprint density at radius 2 is 2.00 bits per heavy atom. The van der Waals surface area contributed by atoms with Gasteiger partial charge in [0, 0.05) is 10.8 Å². The van der Waals surface area contributed by atoms with Crippen molar-refractivity contribution in [1.29, 1.82) is 0 Å². The van der Waals surface area contributed by atoms with E-state index >= 15 is 0 Å². The van der Waals surface area contributed by atoms with E-state index < -0.39 is 11.4 Å². The Bertz CT molecular complexity index is 534. The monoisotopic (exact) mass is 313 g/mol. The molecule has 1 aromatic rings. The van der Waals surface area contributed by atoms with Crippen LogP contribution < -0.4 is 10.6 Å². The molecule has 0 aliphatic rings. The van der Waals surface area contributed by atoms with Crippen molar-refractivity contribution in [3.8, 4) is 0 Å². The fourth-order valence-electron chi connectivity index (χ4n) is 1.25. The van der Waals surface area contributed by atoms with Gasteiger partial charge in [0.2, 0.25) is 11.8 Å². The van der Waals surface area contributed by atoms with E-state index in [9.17, 15) is 14.4 Å². The molecule has 0 aromatic carbocycles. The number of hydrogen-bond acceptors (Lipinski definition) is 6. The second kappa shape index (κ2) is 7.16. The molecular weight excluding hydrogens is 294 g/mol. The van der Waals surface area contributed by atoms with Gasteiger partial charge in [0.05, 0.1) is 25.8 Å². The molecule has 0 saturated carbocycles. The van der Waals surface area contributed by atoms with Crippen LogP contribution in [0.15, 0.2) is 5.38 Å². The number of thiazole rings is 1. The van der Waals surface area contributed by atoms with E-state index in [0.29, 0.717) is 10.8 Å². The Balaban J connectivity index is 2.45. The van der Waals surface area contributed by atoms with E-state index in [1.54, 1.807) is 26.2 Å². The number of amides is 2. The molecule has 21 heavy (non-hydrogen) atoms. The molecule has 0 unspecified atom stereocenters. The van der Waals surface area contributed by atoms with Crippen molar-refractivity contribution in [3.63, 3.8) is 0 Å². The van der Waals surface area contributed by atoms with Gasteiger partial charge in [-0.3, -0.25) is 14.4 Å². The molecule has 0 saturated heterocycles. The lowest BCUT2D eigenvalue weighted by atomic mass is 9.96. The van der Waals surface area contributed by atoms with Crippen molar-refractivity contribution in [2.24, 2.45) is 5.41 Å². The van der Waals surface area contributed by atoms with Crippen LogP contribution in [0.5, 0.6) is 0 Å². The molecular formula is C13H19N3O4S. The van der Waals surface area contributed by atoms with Crippen molar-refractivity contribution in [2.45, 2.75) is 27.2 Å². The van der Waals surface area contributed by atoms with Crippen LogP contribution in [0.25, 0.3) is 0 Å². The third-order valence-corrected chi connectivity index (χ3v) is 3.25. The van der Waals surface area contributed by atoms with Gasteiger partial charge < -0.3 is 15.4 Å². The zero-order valence-electron chi connectivity index (χ0n) is 12.5. The Kier molecular flexibility index (Phi) is 5.83. The predicted octanol–water partition coefficient (Wildman–Crippen LogP) is 0.959. The largest absolute Gasteiger partial charge is 0.469 e. The molecule has 7 nitrogen and oxygen atoms in total. The summed E-state index contributed by atoms with van der Waals surface area (Å²) in [5.74, 6) is -0.967. The van der Waals surface area contributed by atoms with Crippen LogP contribution in [0.2, 0.25) is 0 Å². The summed E-state index contributed by atoms with van der Waals surface area (Å²) in [7, 11) is 1.30. The summed E-state index contributed by atoms with van der Waals surface area (Å²) >= 11 is 1.21. The number of anilines is 1. The summed E-state index contributed by atoms with van der Waals surface area (Å²) < 4.78 is 4.53. The highest BCUT2D eigenvalue weighted by Gasteiger charge is 2.21. The molecule has 0 atom stereocenters. The number of nitrogens with zero attached hydrogens (tertiary/aromatic N) is 1. The standard InChI is InChI=1S/C13H19N3O4S/c1-13(2,3)11(19)14-6-9(17)16-12-15-8(7-21-12)5-10(18)20-4/h7H,5-6H2,1-4H3,(H,14,19)(H,15,16,17). The van der Waals surface area contributed by atoms with Gasteiger partial charge in [-0.1, -0.05) is 20.8 Å². The van der Waals surface area contributed by atoms with Gasteiger partial charge >= 0.3 is 5.97 Å². The van der Waals surface area contributed by atoms with Gasteiger partial charge in [-0.25, -0.2) is 4.98 Å². The van der Waals surface area contributed by atoms with Gasteiger partial charge in [0.1, 0.15) is 0 Å². The predicted molar refractivity (Wildman–Crippen MR) is 78.9 cm³/mol. The van der Waals surface area contributed by atoms with Crippen LogP contribution >= 0.6 is 11.3 Å². The first-order chi connectivity index (χ1) is 9.72. The third kappa shape index (κ3) is 5.90. The summed E-state index contributed by atoms with van der Waals surface area (Å²) in [4.78, 5) is 38.5. The molecule has 116 valence electrons. The van der Waals surface area contributed by atoms with Gasteiger partial charge in [-0.15, -0.1) is 11.3 Å². The Morgan fingerprint density at radius 3 is 2.57 bits per heavy atom. The molecule has 0 radical (unpaired) electrons. The van der Waals surface area contributed by atoms with E-state index in [4.69, 9.17) is 0 Å². The quantitative estimate of drug-likeness (QED) is 0.789. The molecule has 2 N–H and O–H groups in total.